The number of rotatable bonds is 5. The summed E-state index contributed by atoms with van der Waals surface area (Å²) in [5, 5.41) is 11.8. The van der Waals surface area contributed by atoms with Crippen LogP contribution in [0.15, 0.2) is 84.0 Å². The van der Waals surface area contributed by atoms with Crippen molar-refractivity contribution in [3.8, 4) is 0 Å². The molecule has 0 saturated carbocycles. The van der Waals surface area contributed by atoms with Gasteiger partial charge in [0.2, 0.25) is 0 Å². The van der Waals surface area contributed by atoms with E-state index in [9.17, 15) is 4.79 Å². The molecule has 0 radical (unpaired) electrons. The number of carbonyl (C=O) groups is 1. The normalized spacial score (nSPS) is 11.2. The lowest BCUT2D eigenvalue weighted by Crippen LogP contribution is -2.25. The molecule has 4 aromatic carbocycles. The summed E-state index contributed by atoms with van der Waals surface area (Å²) in [7, 11) is 0. The van der Waals surface area contributed by atoms with E-state index < -0.39 is 0 Å². The fraction of sp³-hybridized carbons (Fsp3) is 0.0833. The molecular formula is C24H21N3O. The number of fused-ring (bicyclic) bond motifs is 2. The Balaban J connectivity index is 1.52. The quantitative estimate of drug-likeness (QED) is 0.301. The molecule has 0 aliphatic rings. The van der Waals surface area contributed by atoms with Crippen LogP contribution in [0.5, 0.6) is 0 Å². The lowest BCUT2D eigenvalue weighted by molar-refractivity contribution is -0.119. The molecule has 0 aromatic heterocycles. The maximum Gasteiger partial charge on any atom is 0.259 e. The molecule has 0 aliphatic carbocycles. The van der Waals surface area contributed by atoms with Gasteiger partial charge in [0.25, 0.3) is 5.91 Å². The Morgan fingerprint density at radius 2 is 1.57 bits per heavy atom. The Labute approximate surface area is 163 Å². The number of nitrogens with zero attached hydrogens (tertiary/aromatic N) is 1. The fourth-order valence-electron chi connectivity index (χ4n) is 3.33. The summed E-state index contributed by atoms with van der Waals surface area (Å²) < 4.78 is 0. The molecule has 4 nitrogen and oxygen atoms in total. The second-order valence-electron chi connectivity index (χ2n) is 6.75. The zero-order chi connectivity index (χ0) is 19.3. The summed E-state index contributed by atoms with van der Waals surface area (Å²) >= 11 is 0. The number of amides is 1. The predicted octanol–water partition coefficient (Wildman–Crippen LogP) is 4.86. The smallest absolute Gasteiger partial charge is 0.259 e. The molecule has 28 heavy (non-hydrogen) atoms. The van der Waals surface area contributed by atoms with E-state index in [0.29, 0.717) is 0 Å². The van der Waals surface area contributed by atoms with Crippen LogP contribution >= 0.6 is 0 Å². The third kappa shape index (κ3) is 3.86. The zero-order valence-electron chi connectivity index (χ0n) is 15.6. The highest BCUT2D eigenvalue weighted by Crippen LogP contribution is 2.27. The molecule has 2 N–H and O–H groups in total. The van der Waals surface area contributed by atoms with E-state index in [1.165, 1.54) is 0 Å². The third-order valence-corrected chi connectivity index (χ3v) is 4.67. The maximum atomic E-state index is 12.1. The average molecular weight is 367 g/mol. The summed E-state index contributed by atoms with van der Waals surface area (Å²) in [6.45, 7) is 2.18. The topological polar surface area (TPSA) is 53.5 Å². The van der Waals surface area contributed by atoms with Crippen molar-refractivity contribution in [1.29, 1.82) is 0 Å². The van der Waals surface area contributed by atoms with Crippen LogP contribution in [0.2, 0.25) is 0 Å². The lowest BCUT2D eigenvalue weighted by Gasteiger charge is -2.08. The molecule has 4 rings (SSSR count). The van der Waals surface area contributed by atoms with E-state index in [-0.39, 0.29) is 12.5 Å². The van der Waals surface area contributed by atoms with Crippen LogP contribution in [0.3, 0.4) is 0 Å². The SMILES string of the molecule is Cc1cccc(NCC(=O)N/N=C\c2c3ccccc3cc3ccccc23)c1. The van der Waals surface area contributed by atoms with E-state index in [4.69, 9.17) is 0 Å². The minimum atomic E-state index is -0.192. The first kappa shape index (κ1) is 17.7. The van der Waals surface area contributed by atoms with Gasteiger partial charge in [-0.3, -0.25) is 4.79 Å². The van der Waals surface area contributed by atoms with E-state index in [1.807, 2.05) is 55.5 Å². The molecule has 138 valence electrons. The molecule has 4 aromatic rings. The summed E-state index contributed by atoms with van der Waals surface area (Å²) in [6, 6.07) is 26.5. The van der Waals surface area contributed by atoms with Crippen molar-refractivity contribution in [3.05, 3.63) is 90.0 Å². The Morgan fingerprint density at radius 3 is 2.25 bits per heavy atom. The van der Waals surface area contributed by atoms with Crippen molar-refractivity contribution in [1.82, 2.24) is 5.43 Å². The first-order chi connectivity index (χ1) is 13.7. The molecular weight excluding hydrogens is 346 g/mol. The predicted molar refractivity (Wildman–Crippen MR) is 117 cm³/mol. The number of hydrazone groups is 1. The molecule has 4 heteroatoms. The van der Waals surface area contributed by atoms with Crippen molar-refractivity contribution < 1.29 is 4.79 Å². The lowest BCUT2D eigenvalue weighted by atomic mass is 9.97. The average Bonchev–Trinajstić information content (AvgIpc) is 2.72. The molecule has 0 heterocycles. The second kappa shape index (κ2) is 7.92. The van der Waals surface area contributed by atoms with Crippen LogP contribution in [-0.2, 0) is 4.79 Å². The van der Waals surface area contributed by atoms with Gasteiger partial charge in [-0.05, 0) is 52.2 Å². The Morgan fingerprint density at radius 1 is 0.893 bits per heavy atom. The van der Waals surface area contributed by atoms with E-state index in [1.54, 1.807) is 6.21 Å². The van der Waals surface area contributed by atoms with E-state index in [0.717, 1.165) is 38.4 Å². The van der Waals surface area contributed by atoms with Crippen LogP contribution in [0.1, 0.15) is 11.1 Å². The largest absolute Gasteiger partial charge is 0.376 e. The highest BCUT2D eigenvalue weighted by molar-refractivity contribution is 6.13. The van der Waals surface area contributed by atoms with Crippen LogP contribution in [0.4, 0.5) is 5.69 Å². The monoisotopic (exact) mass is 367 g/mol. The number of anilines is 1. The van der Waals surface area contributed by atoms with Gasteiger partial charge in [-0.2, -0.15) is 5.10 Å². The van der Waals surface area contributed by atoms with Gasteiger partial charge in [0, 0.05) is 11.3 Å². The van der Waals surface area contributed by atoms with Crippen molar-refractivity contribution >= 4 is 39.4 Å². The Kier molecular flexibility index (Phi) is 5.02. The molecule has 0 aliphatic heterocycles. The number of benzene rings is 4. The van der Waals surface area contributed by atoms with Crippen LogP contribution in [0.25, 0.3) is 21.5 Å². The summed E-state index contributed by atoms with van der Waals surface area (Å²) in [6.07, 6.45) is 1.73. The van der Waals surface area contributed by atoms with Gasteiger partial charge in [-0.25, -0.2) is 5.43 Å². The second-order valence-corrected chi connectivity index (χ2v) is 6.75. The van der Waals surface area contributed by atoms with Crippen LogP contribution in [0, 0.1) is 6.92 Å². The molecule has 0 spiro atoms. The van der Waals surface area contributed by atoms with Crippen LogP contribution < -0.4 is 10.7 Å². The van der Waals surface area contributed by atoms with Crippen molar-refractivity contribution in [2.75, 3.05) is 11.9 Å². The van der Waals surface area contributed by atoms with Gasteiger partial charge < -0.3 is 5.32 Å². The van der Waals surface area contributed by atoms with Crippen molar-refractivity contribution in [3.63, 3.8) is 0 Å². The summed E-state index contributed by atoms with van der Waals surface area (Å²) in [4.78, 5) is 12.1. The van der Waals surface area contributed by atoms with Gasteiger partial charge in [0.05, 0.1) is 12.8 Å². The minimum Gasteiger partial charge on any atom is -0.376 e. The number of nitrogens with one attached hydrogen (secondary N) is 2. The first-order valence-electron chi connectivity index (χ1n) is 9.24. The fourth-order valence-corrected chi connectivity index (χ4v) is 3.33. The molecule has 1 amide bonds. The van der Waals surface area contributed by atoms with Gasteiger partial charge in [0.15, 0.2) is 0 Å². The minimum absolute atomic E-state index is 0.164. The Bertz CT molecular complexity index is 1130. The number of carbonyl (C=O) groups excluding carboxylic acids is 1. The molecule has 0 saturated heterocycles. The molecule has 0 unspecified atom stereocenters. The highest BCUT2D eigenvalue weighted by atomic mass is 16.2. The van der Waals surface area contributed by atoms with Gasteiger partial charge >= 0.3 is 0 Å². The van der Waals surface area contributed by atoms with Gasteiger partial charge in [-0.1, -0.05) is 60.7 Å². The zero-order valence-corrected chi connectivity index (χ0v) is 15.6. The number of aryl methyl sites for hydroxylation is 1. The molecule has 0 fully saturated rings. The van der Waals surface area contributed by atoms with Crippen molar-refractivity contribution in [2.45, 2.75) is 6.92 Å². The number of hydrogen-bond acceptors (Lipinski definition) is 3. The van der Waals surface area contributed by atoms with E-state index >= 15 is 0 Å². The van der Waals surface area contributed by atoms with Crippen molar-refractivity contribution in [2.24, 2.45) is 5.10 Å². The molecule has 0 bridgehead atoms. The summed E-state index contributed by atoms with van der Waals surface area (Å²) in [5.74, 6) is -0.192. The van der Waals surface area contributed by atoms with E-state index in [2.05, 4.69) is 46.2 Å². The standard InChI is InChI=1S/C24H21N3O/c1-17-7-6-10-20(13-17)25-16-24(28)27-26-15-23-21-11-4-2-8-18(21)14-19-9-3-5-12-22(19)23/h2-15,25H,16H2,1H3,(H,27,28)/b26-15-. The van der Waals surface area contributed by atoms with Crippen LogP contribution in [-0.4, -0.2) is 18.7 Å². The Hall–Kier alpha value is -3.66. The maximum absolute atomic E-state index is 12.1. The third-order valence-electron chi connectivity index (χ3n) is 4.67. The van der Waals surface area contributed by atoms with Gasteiger partial charge in [-0.15, -0.1) is 0 Å². The molecule has 0 atom stereocenters. The first-order valence-corrected chi connectivity index (χ1v) is 9.24. The van der Waals surface area contributed by atoms with Gasteiger partial charge in [0.1, 0.15) is 0 Å². The summed E-state index contributed by atoms with van der Waals surface area (Å²) in [5.41, 5.74) is 5.67. The number of hydrogen-bond donors (Lipinski definition) is 2. The highest BCUT2D eigenvalue weighted by Gasteiger charge is 2.06.